The first-order valence-corrected chi connectivity index (χ1v) is 6.15. The highest BCUT2D eigenvalue weighted by Gasteiger charge is 2.00. The highest BCUT2D eigenvalue weighted by Crippen LogP contribution is 2.11. The lowest BCUT2D eigenvalue weighted by Gasteiger charge is -2.09. The van der Waals surface area contributed by atoms with E-state index in [4.69, 9.17) is 10.5 Å². The van der Waals surface area contributed by atoms with Crippen LogP contribution in [-0.2, 0) is 0 Å². The molecule has 5 heteroatoms. The summed E-state index contributed by atoms with van der Waals surface area (Å²) in [5.74, 6) is 2.00. The van der Waals surface area contributed by atoms with Gasteiger partial charge in [0.05, 0.1) is 6.61 Å². The Hall–Kier alpha value is -1.36. The van der Waals surface area contributed by atoms with Crippen LogP contribution in [0.5, 0.6) is 5.88 Å². The van der Waals surface area contributed by atoms with Crippen LogP contribution in [0.2, 0.25) is 0 Å². The van der Waals surface area contributed by atoms with Crippen molar-refractivity contribution >= 4 is 5.82 Å². The van der Waals surface area contributed by atoms with Gasteiger partial charge in [0.1, 0.15) is 12.1 Å². The standard InChI is InChI=1S/C12H22N4O/c1-3-17-12-7-11(15-9-16-12)14-6-4-5-10(2)8-13/h7,9-10H,3-6,8,13H2,1-2H3,(H,14,15,16). The normalized spacial score (nSPS) is 12.2. The molecule has 96 valence electrons. The number of nitrogens with two attached hydrogens (primary N) is 1. The van der Waals surface area contributed by atoms with Crippen LogP contribution in [-0.4, -0.2) is 29.7 Å². The van der Waals surface area contributed by atoms with Crippen LogP contribution >= 0.6 is 0 Å². The Kier molecular flexibility index (Phi) is 6.32. The van der Waals surface area contributed by atoms with Gasteiger partial charge in [-0.05, 0) is 32.2 Å². The van der Waals surface area contributed by atoms with E-state index in [1.54, 1.807) is 0 Å². The zero-order chi connectivity index (χ0) is 12.5. The van der Waals surface area contributed by atoms with E-state index >= 15 is 0 Å². The van der Waals surface area contributed by atoms with Crippen molar-refractivity contribution in [2.45, 2.75) is 26.7 Å². The maximum atomic E-state index is 5.56. The fourth-order valence-electron chi connectivity index (χ4n) is 1.45. The second-order valence-electron chi connectivity index (χ2n) is 4.08. The summed E-state index contributed by atoms with van der Waals surface area (Å²) < 4.78 is 5.30. The largest absolute Gasteiger partial charge is 0.478 e. The summed E-state index contributed by atoms with van der Waals surface area (Å²) in [6.07, 6.45) is 3.73. The molecule has 1 aromatic rings. The molecule has 0 fully saturated rings. The first kappa shape index (κ1) is 13.7. The second-order valence-corrected chi connectivity index (χ2v) is 4.08. The van der Waals surface area contributed by atoms with Crippen LogP contribution in [0.1, 0.15) is 26.7 Å². The van der Waals surface area contributed by atoms with E-state index in [2.05, 4.69) is 22.2 Å². The van der Waals surface area contributed by atoms with Crippen molar-refractivity contribution in [2.24, 2.45) is 11.7 Å². The van der Waals surface area contributed by atoms with Gasteiger partial charge in [-0.2, -0.15) is 0 Å². The molecule has 17 heavy (non-hydrogen) atoms. The Morgan fingerprint density at radius 2 is 2.29 bits per heavy atom. The number of anilines is 1. The molecule has 1 rings (SSSR count). The van der Waals surface area contributed by atoms with Crippen molar-refractivity contribution < 1.29 is 4.74 Å². The van der Waals surface area contributed by atoms with Gasteiger partial charge in [0.25, 0.3) is 0 Å². The first-order chi connectivity index (χ1) is 8.26. The van der Waals surface area contributed by atoms with E-state index in [1.807, 2.05) is 13.0 Å². The molecule has 0 amide bonds. The number of aromatic nitrogens is 2. The molecule has 0 aliphatic heterocycles. The molecule has 1 heterocycles. The summed E-state index contributed by atoms with van der Waals surface area (Å²) in [7, 11) is 0. The van der Waals surface area contributed by atoms with Crippen LogP contribution in [0.4, 0.5) is 5.82 Å². The van der Waals surface area contributed by atoms with Gasteiger partial charge >= 0.3 is 0 Å². The predicted octanol–water partition coefficient (Wildman–Crippen LogP) is 1.66. The lowest BCUT2D eigenvalue weighted by molar-refractivity contribution is 0.326. The number of nitrogens with zero attached hydrogens (tertiary/aromatic N) is 2. The van der Waals surface area contributed by atoms with Crippen LogP contribution in [0, 0.1) is 5.92 Å². The molecular weight excluding hydrogens is 216 g/mol. The van der Waals surface area contributed by atoms with Gasteiger partial charge in [0.2, 0.25) is 5.88 Å². The number of rotatable bonds is 8. The molecule has 0 bridgehead atoms. The van der Waals surface area contributed by atoms with Gasteiger partial charge in [-0.3, -0.25) is 0 Å². The topological polar surface area (TPSA) is 73.1 Å². The van der Waals surface area contributed by atoms with Crippen molar-refractivity contribution in [1.82, 2.24) is 9.97 Å². The zero-order valence-corrected chi connectivity index (χ0v) is 10.6. The molecular formula is C12H22N4O. The van der Waals surface area contributed by atoms with Crippen LogP contribution in [0.25, 0.3) is 0 Å². The highest BCUT2D eigenvalue weighted by atomic mass is 16.5. The predicted molar refractivity (Wildman–Crippen MR) is 69.1 cm³/mol. The lowest BCUT2D eigenvalue weighted by Crippen LogP contribution is -2.12. The number of nitrogens with one attached hydrogen (secondary N) is 1. The fraction of sp³-hybridized carbons (Fsp3) is 0.667. The van der Waals surface area contributed by atoms with Crippen LogP contribution in [0.15, 0.2) is 12.4 Å². The molecule has 0 spiro atoms. The SMILES string of the molecule is CCOc1cc(NCCCC(C)CN)ncn1. The molecule has 0 saturated heterocycles. The van der Waals surface area contributed by atoms with Gasteiger partial charge in [-0.15, -0.1) is 0 Å². The summed E-state index contributed by atoms with van der Waals surface area (Å²) >= 11 is 0. The Labute approximate surface area is 103 Å². The van der Waals surface area contributed by atoms with Crippen LogP contribution in [0.3, 0.4) is 0 Å². The number of ether oxygens (including phenoxy) is 1. The highest BCUT2D eigenvalue weighted by molar-refractivity contribution is 5.36. The molecule has 1 unspecified atom stereocenters. The molecule has 0 radical (unpaired) electrons. The molecule has 0 aliphatic rings. The minimum absolute atomic E-state index is 0.584. The first-order valence-electron chi connectivity index (χ1n) is 6.15. The summed E-state index contributed by atoms with van der Waals surface area (Å²) in [5.41, 5.74) is 5.56. The molecule has 3 N–H and O–H groups in total. The zero-order valence-electron chi connectivity index (χ0n) is 10.6. The molecule has 0 aromatic carbocycles. The minimum Gasteiger partial charge on any atom is -0.478 e. The Bertz CT molecular complexity index is 319. The van der Waals surface area contributed by atoms with Crippen molar-refractivity contribution in [3.63, 3.8) is 0 Å². The molecule has 0 saturated carbocycles. The summed E-state index contributed by atoms with van der Waals surface area (Å²) in [6.45, 7) is 6.36. The van der Waals surface area contributed by atoms with E-state index in [1.165, 1.54) is 6.33 Å². The Balaban J connectivity index is 2.28. The van der Waals surface area contributed by atoms with Gasteiger partial charge in [0.15, 0.2) is 0 Å². The third-order valence-electron chi connectivity index (χ3n) is 2.52. The maximum absolute atomic E-state index is 5.56. The van der Waals surface area contributed by atoms with Crippen molar-refractivity contribution in [1.29, 1.82) is 0 Å². The summed E-state index contributed by atoms with van der Waals surface area (Å²) in [6, 6.07) is 1.82. The smallest absolute Gasteiger partial charge is 0.218 e. The molecule has 0 aliphatic carbocycles. The third-order valence-corrected chi connectivity index (χ3v) is 2.52. The average molecular weight is 238 g/mol. The van der Waals surface area contributed by atoms with E-state index in [0.29, 0.717) is 18.4 Å². The number of hydrogen-bond donors (Lipinski definition) is 2. The van der Waals surface area contributed by atoms with E-state index in [9.17, 15) is 0 Å². The van der Waals surface area contributed by atoms with E-state index in [-0.39, 0.29) is 0 Å². The van der Waals surface area contributed by atoms with Gasteiger partial charge < -0.3 is 15.8 Å². The Morgan fingerprint density at radius 3 is 3.00 bits per heavy atom. The molecule has 1 aromatic heterocycles. The Morgan fingerprint density at radius 1 is 1.47 bits per heavy atom. The van der Waals surface area contributed by atoms with Crippen molar-refractivity contribution in [3.8, 4) is 5.88 Å². The van der Waals surface area contributed by atoms with E-state index in [0.717, 1.165) is 31.7 Å². The third kappa shape index (κ3) is 5.49. The summed E-state index contributed by atoms with van der Waals surface area (Å²) in [5, 5.41) is 3.25. The van der Waals surface area contributed by atoms with Gasteiger partial charge in [-0.1, -0.05) is 6.92 Å². The summed E-state index contributed by atoms with van der Waals surface area (Å²) in [4.78, 5) is 8.14. The number of hydrogen-bond acceptors (Lipinski definition) is 5. The lowest BCUT2D eigenvalue weighted by atomic mass is 10.1. The average Bonchev–Trinajstić information content (AvgIpc) is 2.35. The minimum atomic E-state index is 0.584. The maximum Gasteiger partial charge on any atom is 0.218 e. The van der Waals surface area contributed by atoms with Crippen molar-refractivity contribution in [3.05, 3.63) is 12.4 Å². The fourth-order valence-corrected chi connectivity index (χ4v) is 1.45. The van der Waals surface area contributed by atoms with Crippen molar-refractivity contribution in [2.75, 3.05) is 25.0 Å². The quantitative estimate of drug-likeness (QED) is 0.674. The molecule has 1 atom stereocenters. The monoisotopic (exact) mass is 238 g/mol. The van der Waals surface area contributed by atoms with E-state index < -0.39 is 0 Å². The second kappa shape index (κ2) is 7.84. The van der Waals surface area contributed by atoms with Gasteiger partial charge in [-0.25, -0.2) is 9.97 Å². The molecule has 5 nitrogen and oxygen atoms in total. The van der Waals surface area contributed by atoms with Gasteiger partial charge in [0, 0.05) is 12.6 Å². The van der Waals surface area contributed by atoms with Crippen LogP contribution < -0.4 is 15.8 Å².